The number of benzene rings is 1. The number of nitrogens with one attached hydrogen (secondary N) is 1. The van der Waals surface area contributed by atoms with Gasteiger partial charge in [0.05, 0.1) is 0 Å². The van der Waals surface area contributed by atoms with Crippen LogP contribution in [-0.2, 0) is 4.79 Å². The third-order valence-electron chi connectivity index (χ3n) is 2.47. The Hall–Kier alpha value is -2.36. The van der Waals surface area contributed by atoms with Gasteiger partial charge in [0.15, 0.2) is 0 Å². The first-order valence-corrected chi connectivity index (χ1v) is 6.10. The van der Waals surface area contributed by atoms with Gasteiger partial charge in [-0.05, 0) is 37.1 Å². The largest absolute Gasteiger partial charge is 0.366 e. The van der Waals surface area contributed by atoms with E-state index < -0.39 is 5.91 Å². The second-order valence-electron chi connectivity index (χ2n) is 3.97. The summed E-state index contributed by atoms with van der Waals surface area (Å²) in [6.07, 6.45) is 7.92. The molecule has 0 unspecified atom stereocenters. The van der Waals surface area contributed by atoms with Gasteiger partial charge in [-0.15, -0.1) is 0 Å². The monoisotopic (exact) mass is 258 g/mol. The first-order valence-electron chi connectivity index (χ1n) is 6.10. The van der Waals surface area contributed by atoms with Gasteiger partial charge in [-0.2, -0.15) is 0 Å². The van der Waals surface area contributed by atoms with Gasteiger partial charge in [-0.3, -0.25) is 9.59 Å². The number of carbonyl (C=O) groups excluding carboxylic acids is 2. The fraction of sp³-hybridized carbons (Fsp3) is 0.200. The average molecular weight is 258 g/mol. The molecule has 0 atom stereocenters. The number of amides is 2. The molecule has 0 saturated heterocycles. The maximum atomic E-state index is 11.5. The number of allylic oxidation sites excluding steroid dienone is 1. The lowest BCUT2D eigenvalue weighted by Crippen LogP contribution is -2.21. The molecular weight excluding hydrogens is 240 g/mol. The molecule has 100 valence electrons. The SMILES string of the molecule is C/C=C/CCNC(=O)/C=C/c1ccc(C(N)=O)cc1. The summed E-state index contributed by atoms with van der Waals surface area (Å²) in [6, 6.07) is 6.74. The van der Waals surface area contributed by atoms with E-state index in [1.54, 1.807) is 30.3 Å². The predicted molar refractivity (Wildman–Crippen MR) is 76.4 cm³/mol. The molecule has 4 heteroatoms. The molecule has 0 fully saturated rings. The Balaban J connectivity index is 2.47. The van der Waals surface area contributed by atoms with E-state index in [1.807, 2.05) is 19.1 Å². The first-order chi connectivity index (χ1) is 9.13. The normalized spacial score (nSPS) is 11.0. The highest BCUT2D eigenvalue weighted by molar-refractivity contribution is 5.94. The third kappa shape index (κ3) is 5.68. The Morgan fingerprint density at radius 1 is 1.26 bits per heavy atom. The van der Waals surface area contributed by atoms with Gasteiger partial charge in [-0.1, -0.05) is 24.3 Å². The smallest absolute Gasteiger partial charge is 0.248 e. The van der Waals surface area contributed by atoms with Crippen LogP contribution in [0.3, 0.4) is 0 Å². The molecule has 1 rings (SSSR count). The Labute approximate surface area is 113 Å². The summed E-state index contributed by atoms with van der Waals surface area (Å²) in [5.74, 6) is -0.597. The van der Waals surface area contributed by atoms with E-state index >= 15 is 0 Å². The number of hydrogen-bond donors (Lipinski definition) is 2. The van der Waals surface area contributed by atoms with Crippen molar-refractivity contribution in [2.24, 2.45) is 5.73 Å². The number of nitrogens with two attached hydrogens (primary N) is 1. The molecule has 0 bridgehead atoms. The van der Waals surface area contributed by atoms with Crippen LogP contribution < -0.4 is 11.1 Å². The number of hydrogen-bond acceptors (Lipinski definition) is 2. The van der Waals surface area contributed by atoms with Crippen LogP contribution in [0.5, 0.6) is 0 Å². The summed E-state index contributed by atoms with van der Waals surface area (Å²) in [4.78, 5) is 22.3. The molecule has 1 aromatic carbocycles. The van der Waals surface area contributed by atoms with Crippen molar-refractivity contribution in [3.05, 3.63) is 53.6 Å². The zero-order valence-electron chi connectivity index (χ0n) is 10.9. The Kier molecular flexibility index (Phi) is 6.09. The van der Waals surface area contributed by atoms with Gasteiger partial charge in [0.25, 0.3) is 0 Å². The van der Waals surface area contributed by atoms with Gasteiger partial charge in [0, 0.05) is 18.2 Å². The van der Waals surface area contributed by atoms with E-state index in [0.29, 0.717) is 12.1 Å². The molecule has 0 heterocycles. The molecule has 0 aliphatic heterocycles. The molecule has 0 spiro atoms. The topological polar surface area (TPSA) is 72.2 Å². The second-order valence-corrected chi connectivity index (χ2v) is 3.97. The minimum absolute atomic E-state index is 0.136. The van der Waals surface area contributed by atoms with Crippen molar-refractivity contribution in [2.75, 3.05) is 6.54 Å². The molecule has 1 aromatic rings. The lowest BCUT2D eigenvalue weighted by Gasteiger charge is -1.99. The van der Waals surface area contributed by atoms with E-state index in [2.05, 4.69) is 5.32 Å². The Morgan fingerprint density at radius 3 is 2.53 bits per heavy atom. The van der Waals surface area contributed by atoms with Crippen LogP contribution in [0.15, 0.2) is 42.5 Å². The van der Waals surface area contributed by atoms with Crippen LogP contribution >= 0.6 is 0 Å². The molecule has 19 heavy (non-hydrogen) atoms. The lowest BCUT2D eigenvalue weighted by atomic mass is 10.1. The van der Waals surface area contributed by atoms with Crippen molar-refractivity contribution in [1.29, 1.82) is 0 Å². The van der Waals surface area contributed by atoms with Crippen molar-refractivity contribution in [3.63, 3.8) is 0 Å². The highest BCUT2D eigenvalue weighted by Crippen LogP contribution is 2.05. The minimum atomic E-state index is -0.461. The van der Waals surface area contributed by atoms with Gasteiger partial charge in [0.2, 0.25) is 11.8 Å². The van der Waals surface area contributed by atoms with E-state index in [-0.39, 0.29) is 5.91 Å². The highest BCUT2D eigenvalue weighted by Gasteiger charge is 1.98. The summed E-state index contributed by atoms with van der Waals surface area (Å²) in [5, 5.41) is 2.77. The number of rotatable bonds is 6. The molecule has 2 amide bonds. The van der Waals surface area contributed by atoms with Gasteiger partial charge >= 0.3 is 0 Å². The van der Waals surface area contributed by atoms with Crippen LogP contribution in [0.25, 0.3) is 6.08 Å². The summed E-state index contributed by atoms with van der Waals surface area (Å²) in [6.45, 7) is 2.56. The van der Waals surface area contributed by atoms with E-state index in [9.17, 15) is 9.59 Å². The number of carbonyl (C=O) groups is 2. The summed E-state index contributed by atoms with van der Waals surface area (Å²) in [7, 11) is 0. The van der Waals surface area contributed by atoms with Crippen LogP contribution in [0.2, 0.25) is 0 Å². The lowest BCUT2D eigenvalue weighted by molar-refractivity contribution is -0.116. The maximum absolute atomic E-state index is 11.5. The van der Waals surface area contributed by atoms with Crippen LogP contribution in [0.1, 0.15) is 29.3 Å². The van der Waals surface area contributed by atoms with Crippen LogP contribution in [-0.4, -0.2) is 18.4 Å². The zero-order valence-corrected chi connectivity index (χ0v) is 10.9. The maximum Gasteiger partial charge on any atom is 0.248 e. The van der Waals surface area contributed by atoms with Crippen molar-refractivity contribution < 1.29 is 9.59 Å². The van der Waals surface area contributed by atoms with Crippen molar-refractivity contribution in [1.82, 2.24) is 5.32 Å². The van der Waals surface area contributed by atoms with Crippen molar-refractivity contribution in [3.8, 4) is 0 Å². The zero-order chi connectivity index (χ0) is 14.1. The molecule has 4 nitrogen and oxygen atoms in total. The van der Waals surface area contributed by atoms with Gasteiger partial charge < -0.3 is 11.1 Å². The average Bonchev–Trinajstić information content (AvgIpc) is 2.42. The Bertz CT molecular complexity index is 487. The van der Waals surface area contributed by atoms with Gasteiger partial charge in [-0.25, -0.2) is 0 Å². The molecule has 0 aliphatic carbocycles. The molecule has 0 aromatic heterocycles. The van der Waals surface area contributed by atoms with E-state index in [1.165, 1.54) is 6.08 Å². The third-order valence-corrected chi connectivity index (χ3v) is 2.47. The molecule has 0 aliphatic rings. The van der Waals surface area contributed by atoms with Gasteiger partial charge in [0.1, 0.15) is 0 Å². The van der Waals surface area contributed by atoms with Crippen molar-refractivity contribution >= 4 is 17.9 Å². The van der Waals surface area contributed by atoms with Crippen molar-refractivity contribution in [2.45, 2.75) is 13.3 Å². The highest BCUT2D eigenvalue weighted by atomic mass is 16.1. The van der Waals surface area contributed by atoms with E-state index in [4.69, 9.17) is 5.73 Å². The van der Waals surface area contributed by atoms with Crippen LogP contribution in [0.4, 0.5) is 0 Å². The standard InChI is InChI=1S/C15H18N2O2/c1-2-3-4-11-17-14(18)10-7-12-5-8-13(9-6-12)15(16)19/h2-3,5-10H,4,11H2,1H3,(H2,16,19)(H,17,18)/b3-2+,10-7+. The van der Waals surface area contributed by atoms with E-state index in [0.717, 1.165) is 12.0 Å². The minimum Gasteiger partial charge on any atom is -0.366 e. The first kappa shape index (κ1) is 14.7. The summed E-state index contributed by atoms with van der Waals surface area (Å²) >= 11 is 0. The Morgan fingerprint density at radius 2 is 1.95 bits per heavy atom. The fourth-order valence-corrected chi connectivity index (χ4v) is 1.43. The van der Waals surface area contributed by atoms with Crippen LogP contribution in [0, 0.1) is 0 Å². The summed E-state index contributed by atoms with van der Waals surface area (Å²) < 4.78 is 0. The molecule has 0 saturated carbocycles. The predicted octanol–water partition coefficient (Wildman–Crippen LogP) is 1.88. The second kappa shape index (κ2) is 7.87. The number of primary amides is 1. The quantitative estimate of drug-likeness (QED) is 0.464. The summed E-state index contributed by atoms with van der Waals surface area (Å²) in [5.41, 5.74) is 6.43. The fourth-order valence-electron chi connectivity index (χ4n) is 1.43. The molecule has 0 radical (unpaired) electrons. The molecule has 3 N–H and O–H groups in total. The molecular formula is C15H18N2O2.